The van der Waals surface area contributed by atoms with Gasteiger partial charge in [0.05, 0.1) is 6.10 Å². The highest BCUT2D eigenvalue weighted by Crippen LogP contribution is 2.69. The molecular weight excluding hydrogens is 304 g/mol. The maximum Gasteiger partial charge on any atom is 0.0545 e. The van der Waals surface area contributed by atoms with Gasteiger partial charge in [0.15, 0.2) is 0 Å². The molecule has 5 rings (SSSR count). The third kappa shape index (κ3) is 2.58. The molecule has 1 N–H and O–H groups in total. The van der Waals surface area contributed by atoms with Crippen LogP contribution in [0.15, 0.2) is 0 Å². The molecule has 0 aromatic rings. The van der Waals surface area contributed by atoms with Crippen LogP contribution in [0.2, 0.25) is 0 Å². The first kappa shape index (κ1) is 17.1. The third-order valence-electron chi connectivity index (χ3n) is 10.2. The van der Waals surface area contributed by atoms with E-state index in [2.05, 4.69) is 20.8 Å². The quantitative estimate of drug-likeness (QED) is 0.660. The molecule has 0 aromatic carbocycles. The molecule has 10 atom stereocenters. The second kappa shape index (κ2) is 5.98. The lowest BCUT2D eigenvalue weighted by molar-refractivity contribution is -0.0911. The minimum atomic E-state index is -0.0975. The van der Waals surface area contributed by atoms with Crippen LogP contribution in [0, 0.1) is 58.7 Å². The summed E-state index contributed by atoms with van der Waals surface area (Å²) < 4.78 is 0. The van der Waals surface area contributed by atoms with E-state index >= 15 is 0 Å². The molecule has 25 heavy (non-hydrogen) atoms. The summed E-state index contributed by atoms with van der Waals surface area (Å²) in [6.45, 7) is 7.18. The highest BCUT2D eigenvalue weighted by Gasteiger charge is 2.62. The van der Waals surface area contributed by atoms with Crippen LogP contribution in [-0.4, -0.2) is 11.2 Å². The van der Waals surface area contributed by atoms with E-state index in [1.165, 1.54) is 64.2 Å². The molecule has 0 saturated heterocycles. The van der Waals surface area contributed by atoms with E-state index in [9.17, 15) is 5.11 Å². The monoisotopic (exact) mass is 344 g/mol. The van der Waals surface area contributed by atoms with Crippen molar-refractivity contribution >= 4 is 0 Å². The van der Waals surface area contributed by atoms with Crippen LogP contribution in [-0.2, 0) is 0 Å². The molecule has 0 spiro atoms. The fraction of sp³-hybridized carbons (Fsp3) is 1.00. The van der Waals surface area contributed by atoms with E-state index in [0.717, 1.165) is 47.3 Å². The minimum absolute atomic E-state index is 0.0975. The summed E-state index contributed by atoms with van der Waals surface area (Å²) in [7, 11) is 0. The number of aliphatic hydroxyl groups excluding tert-OH is 1. The van der Waals surface area contributed by atoms with Crippen molar-refractivity contribution in [1.29, 1.82) is 0 Å². The van der Waals surface area contributed by atoms with Gasteiger partial charge in [-0.3, -0.25) is 0 Å². The van der Waals surface area contributed by atoms with Crippen molar-refractivity contribution in [3.8, 4) is 0 Å². The highest BCUT2D eigenvalue weighted by molar-refractivity contribution is 5.11. The second-order valence-electron chi connectivity index (χ2n) is 11.4. The number of hydrogen-bond acceptors (Lipinski definition) is 1. The summed E-state index contributed by atoms with van der Waals surface area (Å²) in [5.74, 6) is 8.64. The van der Waals surface area contributed by atoms with Crippen molar-refractivity contribution in [3.05, 3.63) is 0 Å². The van der Waals surface area contributed by atoms with E-state index in [4.69, 9.17) is 0 Å². The summed E-state index contributed by atoms with van der Waals surface area (Å²) in [6, 6.07) is 0. The molecule has 10 unspecified atom stereocenters. The van der Waals surface area contributed by atoms with Crippen molar-refractivity contribution in [2.45, 2.75) is 91.1 Å². The van der Waals surface area contributed by atoms with Gasteiger partial charge in [0, 0.05) is 0 Å². The zero-order valence-corrected chi connectivity index (χ0v) is 16.8. The van der Waals surface area contributed by atoms with Crippen LogP contribution in [0.4, 0.5) is 0 Å². The Labute approximate surface area is 155 Å². The summed E-state index contributed by atoms with van der Waals surface area (Å²) in [4.78, 5) is 0. The van der Waals surface area contributed by atoms with Crippen LogP contribution >= 0.6 is 0 Å². The van der Waals surface area contributed by atoms with Gasteiger partial charge in [0.2, 0.25) is 0 Å². The van der Waals surface area contributed by atoms with Gasteiger partial charge in [-0.25, -0.2) is 0 Å². The molecular formula is C24H40O. The average Bonchev–Trinajstić information content (AvgIpc) is 3.36. The van der Waals surface area contributed by atoms with Crippen LogP contribution in [0.3, 0.4) is 0 Å². The fourth-order valence-corrected chi connectivity index (χ4v) is 9.07. The lowest BCUT2D eigenvalue weighted by Crippen LogP contribution is -2.50. The van der Waals surface area contributed by atoms with Gasteiger partial charge in [-0.15, -0.1) is 0 Å². The Morgan fingerprint density at radius 2 is 1.52 bits per heavy atom. The number of aliphatic hydroxyl groups is 1. The first-order chi connectivity index (χ1) is 12.0. The van der Waals surface area contributed by atoms with Gasteiger partial charge in [0.1, 0.15) is 0 Å². The molecule has 1 nitrogen and oxygen atoms in total. The molecule has 0 bridgehead atoms. The molecule has 0 amide bonds. The Bertz CT molecular complexity index is 508. The fourth-order valence-electron chi connectivity index (χ4n) is 9.07. The van der Waals surface area contributed by atoms with Gasteiger partial charge < -0.3 is 5.11 Å². The van der Waals surface area contributed by atoms with Crippen molar-refractivity contribution in [1.82, 2.24) is 0 Å². The van der Waals surface area contributed by atoms with E-state index in [-0.39, 0.29) is 6.10 Å². The molecule has 5 aliphatic rings. The van der Waals surface area contributed by atoms with Gasteiger partial charge in [-0.2, -0.15) is 0 Å². The first-order valence-corrected chi connectivity index (χ1v) is 11.7. The lowest BCUT2D eigenvalue weighted by atomic mass is 9.48. The Hall–Kier alpha value is -0.0400. The van der Waals surface area contributed by atoms with E-state index < -0.39 is 0 Å². The van der Waals surface area contributed by atoms with Gasteiger partial charge in [-0.1, -0.05) is 20.3 Å². The van der Waals surface area contributed by atoms with E-state index in [1.807, 2.05) is 0 Å². The smallest absolute Gasteiger partial charge is 0.0545 e. The summed E-state index contributed by atoms with van der Waals surface area (Å²) in [5.41, 5.74) is 0.442. The molecule has 142 valence electrons. The summed E-state index contributed by atoms with van der Waals surface area (Å²) >= 11 is 0. The Morgan fingerprint density at radius 3 is 2.24 bits per heavy atom. The zero-order chi connectivity index (χ0) is 17.3. The number of hydrogen-bond donors (Lipinski definition) is 1. The lowest BCUT2D eigenvalue weighted by Gasteiger charge is -2.57. The van der Waals surface area contributed by atoms with Gasteiger partial charge in [-0.05, 0) is 123 Å². The SMILES string of the molecule is CC1CCC2C(CCC3C2CCC2(C)C(C(C)O)CC(C4CC4)C32)C1. The van der Waals surface area contributed by atoms with Crippen LogP contribution in [0.5, 0.6) is 0 Å². The van der Waals surface area contributed by atoms with Crippen molar-refractivity contribution < 1.29 is 5.11 Å². The van der Waals surface area contributed by atoms with Crippen molar-refractivity contribution in [2.24, 2.45) is 58.7 Å². The Morgan fingerprint density at radius 1 is 0.800 bits per heavy atom. The first-order valence-electron chi connectivity index (χ1n) is 11.7. The molecule has 0 radical (unpaired) electrons. The largest absolute Gasteiger partial charge is 0.393 e. The highest BCUT2D eigenvalue weighted by atomic mass is 16.3. The molecule has 5 fully saturated rings. The van der Waals surface area contributed by atoms with E-state index in [0.29, 0.717) is 11.3 Å². The van der Waals surface area contributed by atoms with Crippen LogP contribution < -0.4 is 0 Å². The molecule has 0 aliphatic heterocycles. The molecule has 0 aromatic heterocycles. The summed E-state index contributed by atoms with van der Waals surface area (Å²) in [5, 5.41) is 10.6. The molecule has 5 saturated carbocycles. The number of fused-ring (bicyclic) bond motifs is 5. The molecule has 1 heteroatoms. The van der Waals surface area contributed by atoms with Crippen molar-refractivity contribution in [2.75, 3.05) is 0 Å². The number of rotatable bonds is 2. The van der Waals surface area contributed by atoms with Gasteiger partial charge >= 0.3 is 0 Å². The normalized spacial score (nSPS) is 56.6. The zero-order valence-electron chi connectivity index (χ0n) is 16.8. The predicted octanol–water partition coefficient (Wildman–Crippen LogP) is 5.91. The third-order valence-corrected chi connectivity index (χ3v) is 10.2. The van der Waals surface area contributed by atoms with Crippen LogP contribution in [0.25, 0.3) is 0 Å². The second-order valence-corrected chi connectivity index (χ2v) is 11.4. The minimum Gasteiger partial charge on any atom is -0.393 e. The maximum absolute atomic E-state index is 10.6. The molecule has 5 aliphatic carbocycles. The Balaban J connectivity index is 1.45. The Kier molecular flexibility index (Phi) is 4.09. The van der Waals surface area contributed by atoms with Crippen molar-refractivity contribution in [3.63, 3.8) is 0 Å². The standard InChI is InChI=1S/C24H40O/c1-14-4-8-18-17(12-14)7-9-20-19(18)10-11-24(3)22(15(2)25)13-21(23(20)24)16-5-6-16/h14-23,25H,4-13H2,1-3H3. The summed E-state index contributed by atoms with van der Waals surface area (Å²) in [6.07, 6.45) is 14.7. The predicted molar refractivity (Wildman–Crippen MR) is 103 cm³/mol. The van der Waals surface area contributed by atoms with E-state index in [1.54, 1.807) is 0 Å². The van der Waals surface area contributed by atoms with Gasteiger partial charge in [0.25, 0.3) is 0 Å². The molecule has 0 heterocycles. The average molecular weight is 345 g/mol. The topological polar surface area (TPSA) is 20.2 Å². The van der Waals surface area contributed by atoms with Crippen LogP contribution in [0.1, 0.15) is 85.0 Å². The maximum atomic E-state index is 10.6.